The summed E-state index contributed by atoms with van der Waals surface area (Å²) in [7, 11) is 0. The highest BCUT2D eigenvalue weighted by Crippen LogP contribution is 2.03. The van der Waals surface area contributed by atoms with Crippen LogP contribution in [0.3, 0.4) is 0 Å². The van der Waals surface area contributed by atoms with Gasteiger partial charge in [-0.1, -0.05) is 54.0 Å². The summed E-state index contributed by atoms with van der Waals surface area (Å²) >= 11 is 0. The highest BCUT2D eigenvalue weighted by molar-refractivity contribution is 6.69. The van der Waals surface area contributed by atoms with Crippen LogP contribution in [0.5, 0.6) is 0 Å². The molecule has 0 aliphatic carbocycles. The Bertz CT molecular complexity index is 469. The predicted octanol–water partition coefficient (Wildman–Crippen LogP) is 1.61. The zero-order chi connectivity index (χ0) is 14.1. The molecule has 0 aromatic heterocycles. The van der Waals surface area contributed by atoms with Gasteiger partial charge in [-0.05, 0) is 6.42 Å². The largest absolute Gasteiger partial charge is 0.410 e. The van der Waals surface area contributed by atoms with Crippen molar-refractivity contribution in [3.8, 4) is 0 Å². The van der Waals surface area contributed by atoms with E-state index in [-0.39, 0.29) is 11.4 Å². The number of carbonyl (C=O) groups is 1. The van der Waals surface area contributed by atoms with Crippen molar-refractivity contribution in [3.05, 3.63) is 35.9 Å². The molecule has 0 saturated heterocycles. The number of unbranched alkanes of at least 4 members (excludes halogenated alkanes) is 1. The van der Waals surface area contributed by atoms with E-state index >= 15 is 0 Å². The molecule has 0 radical (unpaired) electrons. The Morgan fingerprint density at radius 1 is 1.21 bits per heavy atom. The molecule has 0 saturated carbocycles. The molecule has 3 N–H and O–H groups in total. The molecule has 6 nitrogen and oxygen atoms in total. The first-order valence-electron chi connectivity index (χ1n) is 6.02. The summed E-state index contributed by atoms with van der Waals surface area (Å²) in [5.74, 6) is -0.576. The first-order valence-corrected chi connectivity index (χ1v) is 6.02. The fraction of sp³-hybridized carbons (Fsp3) is 0.308. The van der Waals surface area contributed by atoms with Crippen molar-refractivity contribution >= 4 is 17.3 Å². The Morgan fingerprint density at radius 2 is 1.89 bits per heavy atom. The number of nitrogens with zero attached hydrogens (tertiary/aromatic N) is 2. The van der Waals surface area contributed by atoms with E-state index in [4.69, 9.17) is 10.4 Å². The molecule has 1 amide bonds. The summed E-state index contributed by atoms with van der Waals surface area (Å²) < 4.78 is 0. The van der Waals surface area contributed by atoms with Crippen molar-refractivity contribution in [2.24, 2.45) is 10.3 Å². The molecule has 0 unspecified atom stereocenters. The van der Waals surface area contributed by atoms with Gasteiger partial charge in [0.25, 0.3) is 5.91 Å². The van der Waals surface area contributed by atoms with Crippen LogP contribution in [-0.4, -0.2) is 34.3 Å². The Balaban J connectivity index is 2.87. The number of oxime groups is 2. The SMILES string of the molecule is CCCCNC(=O)C(=NO)C(=NO)c1ccccc1. The number of amides is 1. The summed E-state index contributed by atoms with van der Waals surface area (Å²) in [6.45, 7) is 2.47. The van der Waals surface area contributed by atoms with Crippen LogP contribution in [0.4, 0.5) is 0 Å². The molecule has 102 valence electrons. The van der Waals surface area contributed by atoms with Crippen LogP contribution in [0.15, 0.2) is 40.6 Å². The number of rotatable bonds is 6. The van der Waals surface area contributed by atoms with Crippen molar-refractivity contribution in [3.63, 3.8) is 0 Å². The van der Waals surface area contributed by atoms with Crippen LogP contribution >= 0.6 is 0 Å². The minimum Gasteiger partial charge on any atom is -0.410 e. The van der Waals surface area contributed by atoms with E-state index < -0.39 is 5.91 Å². The van der Waals surface area contributed by atoms with Gasteiger partial charge in [-0.25, -0.2) is 0 Å². The van der Waals surface area contributed by atoms with Gasteiger partial charge in [0.1, 0.15) is 5.71 Å². The summed E-state index contributed by atoms with van der Waals surface area (Å²) in [4.78, 5) is 11.8. The fourth-order valence-electron chi connectivity index (χ4n) is 1.50. The molecule has 6 heteroatoms. The molecule has 0 aliphatic rings. The molecule has 1 rings (SSSR count). The quantitative estimate of drug-likeness (QED) is 0.315. The van der Waals surface area contributed by atoms with Gasteiger partial charge >= 0.3 is 0 Å². The number of carbonyl (C=O) groups excluding carboxylic acids is 1. The zero-order valence-corrected chi connectivity index (χ0v) is 10.7. The zero-order valence-electron chi connectivity index (χ0n) is 10.7. The van der Waals surface area contributed by atoms with Gasteiger partial charge in [0, 0.05) is 12.1 Å². The summed E-state index contributed by atoms with van der Waals surface area (Å²) in [5, 5.41) is 26.5. The van der Waals surface area contributed by atoms with E-state index in [9.17, 15) is 4.79 Å². The third-order valence-corrected chi connectivity index (χ3v) is 2.50. The third kappa shape index (κ3) is 4.09. The average molecular weight is 263 g/mol. The average Bonchev–Trinajstić information content (AvgIpc) is 2.45. The lowest BCUT2D eigenvalue weighted by Gasteiger charge is -2.07. The van der Waals surface area contributed by atoms with Gasteiger partial charge in [-0.2, -0.15) is 0 Å². The van der Waals surface area contributed by atoms with E-state index in [0.717, 1.165) is 12.8 Å². The maximum absolute atomic E-state index is 11.8. The second-order valence-electron chi connectivity index (χ2n) is 3.87. The Labute approximate surface area is 111 Å². The standard InChI is InChI=1S/C13H17N3O3/c1-2-3-9-14-13(17)12(16-19)11(15-18)10-7-5-4-6-8-10/h4-8,18-19H,2-3,9H2,1H3,(H,14,17). The molecule has 0 fully saturated rings. The molecule has 0 atom stereocenters. The lowest BCUT2D eigenvalue weighted by atomic mass is 10.1. The summed E-state index contributed by atoms with van der Waals surface area (Å²) in [6, 6.07) is 8.55. The second-order valence-corrected chi connectivity index (χ2v) is 3.87. The smallest absolute Gasteiger partial charge is 0.275 e. The van der Waals surface area contributed by atoms with Crippen molar-refractivity contribution in [1.29, 1.82) is 0 Å². The van der Waals surface area contributed by atoms with Crippen molar-refractivity contribution in [2.75, 3.05) is 6.54 Å². The molecular formula is C13H17N3O3. The highest BCUT2D eigenvalue weighted by atomic mass is 16.4. The Kier molecular flexibility index (Phi) is 6.08. The van der Waals surface area contributed by atoms with Crippen LogP contribution in [-0.2, 0) is 4.79 Å². The molecular weight excluding hydrogens is 246 g/mol. The first-order chi connectivity index (χ1) is 9.24. The molecule has 0 spiro atoms. The lowest BCUT2D eigenvalue weighted by Crippen LogP contribution is -2.37. The number of hydrogen-bond acceptors (Lipinski definition) is 5. The molecule has 0 bridgehead atoms. The lowest BCUT2D eigenvalue weighted by molar-refractivity contribution is -0.114. The topological polar surface area (TPSA) is 94.3 Å². The Hall–Kier alpha value is -2.37. The van der Waals surface area contributed by atoms with Crippen LogP contribution in [0.1, 0.15) is 25.3 Å². The Morgan fingerprint density at radius 3 is 2.42 bits per heavy atom. The van der Waals surface area contributed by atoms with Gasteiger partial charge in [0.2, 0.25) is 0 Å². The third-order valence-electron chi connectivity index (χ3n) is 2.50. The molecule has 0 aliphatic heterocycles. The predicted molar refractivity (Wildman–Crippen MR) is 71.9 cm³/mol. The van der Waals surface area contributed by atoms with E-state index in [0.29, 0.717) is 12.1 Å². The maximum atomic E-state index is 11.8. The van der Waals surface area contributed by atoms with E-state index in [1.54, 1.807) is 30.3 Å². The van der Waals surface area contributed by atoms with Crippen LogP contribution in [0, 0.1) is 0 Å². The van der Waals surface area contributed by atoms with E-state index in [1.165, 1.54) is 0 Å². The fourth-order valence-corrected chi connectivity index (χ4v) is 1.50. The van der Waals surface area contributed by atoms with Crippen LogP contribution in [0.2, 0.25) is 0 Å². The van der Waals surface area contributed by atoms with Crippen LogP contribution in [0.25, 0.3) is 0 Å². The maximum Gasteiger partial charge on any atom is 0.275 e. The summed E-state index contributed by atoms with van der Waals surface area (Å²) in [6.07, 6.45) is 1.76. The number of benzene rings is 1. The van der Waals surface area contributed by atoms with Crippen molar-refractivity contribution in [2.45, 2.75) is 19.8 Å². The molecule has 19 heavy (non-hydrogen) atoms. The van der Waals surface area contributed by atoms with E-state index in [2.05, 4.69) is 15.6 Å². The van der Waals surface area contributed by atoms with Crippen molar-refractivity contribution < 1.29 is 15.2 Å². The van der Waals surface area contributed by atoms with Crippen LogP contribution < -0.4 is 5.32 Å². The minimum atomic E-state index is -0.576. The van der Waals surface area contributed by atoms with Gasteiger partial charge in [-0.3, -0.25) is 4.79 Å². The van der Waals surface area contributed by atoms with Gasteiger partial charge in [-0.15, -0.1) is 0 Å². The first kappa shape index (κ1) is 14.7. The van der Waals surface area contributed by atoms with Gasteiger partial charge < -0.3 is 15.7 Å². The molecule has 1 aromatic rings. The summed E-state index contributed by atoms with van der Waals surface area (Å²) in [5.41, 5.74) is 0.102. The monoisotopic (exact) mass is 263 g/mol. The number of hydrogen-bond donors (Lipinski definition) is 3. The highest BCUT2D eigenvalue weighted by Gasteiger charge is 2.21. The number of nitrogens with one attached hydrogen (secondary N) is 1. The molecule has 1 aromatic carbocycles. The van der Waals surface area contributed by atoms with Gasteiger partial charge in [0.15, 0.2) is 5.71 Å². The second kappa shape index (κ2) is 7.86. The molecule has 0 heterocycles. The van der Waals surface area contributed by atoms with E-state index in [1.807, 2.05) is 6.92 Å². The normalized spacial score (nSPS) is 12.3. The van der Waals surface area contributed by atoms with Crippen molar-refractivity contribution in [1.82, 2.24) is 5.32 Å². The minimum absolute atomic E-state index is 0.0721. The van der Waals surface area contributed by atoms with Gasteiger partial charge in [0.05, 0.1) is 0 Å².